The van der Waals surface area contributed by atoms with E-state index >= 15 is 0 Å². The third-order valence-electron chi connectivity index (χ3n) is 3.99. The van der Waals surface area contributed by atoms with Crippen LogP contribution in [-0.4, -0.2) is 14.3 Å². The molecule has 0 aliphatic carbocycles. The molecule has 0 aliphatic heterocycles. The van der Waals surface area contributed by atoms with Crippen LogP contribution in [0.1, 0.15) is 15.9 Å². The molecule has 6 nitrogen and oxygen atoms in total. The molecule has 0 spiro atoms. The Kier molecular flexibility index (Phi) is 5.14. The molecule has 0 radical (unpaired) electrons. The van der Waals surface area contributed by atoms with Crippen molar-refractivity contribution in [2.75, 3.05) is 15.8 Å². The maximum Gasteiger partial charge on any atom is 0.261 e. The van der Waals surface area contributed by atoms with E-state index in [9.17, 15) is 13.2 Å². The van der Waals surface area contributed by atoms with Crippen LogP contribution in [0, 0.1) is 6.92 Å². The van der Waals surface area contributed by atoms with Gasteiger partial charge >= 0.3 is 0 Å². The third kappa shape index (κ3) is 4.45. The topological polar surface area (TPSA) is 101 Å². The van der Waals surface area contributed by atoms with Crippen LogP contribution >= 0.6 is 0 Å². The van der Waals surface area contributed by atoms with Crippen molar-refractivity contribution in [3.05, 3.63) is 83.9 Å². The Morgan fingerprint density at radius 2 is 1.56 bits per heavy atom. The van der Waals surface area contributed by atoms with Gasteiger partial charge in [0.25, 0.3) is 15.9 Å². The molecule has 4 N–H and O–H groups in total. The molecule has 3 rings (SSSR count). The summed E-state index contributed by atoms with van der Waals surface area (Å²) in [6, 6.07) is 19.6. The molecule has 7 heteroatoms. The Labute approximate surface area is 158 Å². The second-order valence-electron chi connectivity index (χ2n) is 6.02. The second-order valence-corrected chi connectivity index (χ2v) is 7.70. The SMILES string of the molecule is Cc1ccc(C(=O)Nc2ccc(S(=O)(=O)Nc3ccccc3)cc2)cc1N. The molecule has 0 saturated carbocycles. The highest BCUT2D eigenvalue weighted by atomic mass is 32.2. The molecule has 0 unspecified atom stereocenters. The first-order valence-electron chi connectivity index (χ1n) is 8.20. The summed E-state index contributed by atoms with van der Waals surface area (Å²) >= 11 is 0. The number of sulfonamides is 1. The molecule has 3 aromatic carbocycles. The van der Waals surface area contributed by atoms with Crippen molar-refractivity contribution in [1.82, 2.24) is 0 Å². The number of nitrogen functional groups attached to an aromatic ring is 1. The smallest absolute Gasteiger partial charge is 0.261 e. The van der Waals surface area contributed by atoms with E-state index in [1.165, 1.54) is 24.3 Å². The zero-order valence-electron chi connectivity index (χ0n) is 14.6. The summed E-state index contributed by atoms with van der Waals surface area (Å²) < 4.78 is 27.3. The summed E-state index contributed by atoms with van der Waals surface area (Å²) in [4.78, 5) is 12.4. The zero-order chi connectivity index (χ0) is 19.4. The van der Waals surface area contributed by atoms with Crippen molar-refractivity contribution >= 4 is 33.0 Å². The molecular formula is C20H19N3O3S. The van der Waals surface area contributed by atoms with Gasteiger partial charge in [-0.3, -0.25) is 9.52 Å². The van der Waals surface area contributed by atoms with E-state index in [1.54, 1.807) is 48.5 Å². The minimum Gasteiger partial charge on any atom is -0.398 e. The summed E-state index contributed by atoms with van der Waals surface area (Å²) in [5.74, 6) is -0.320. The Morgan fingerprint density at radius 1 is 0.889 bits per heavy atom. The number of amides is 1. The molecule has 0 bridgehead atoms. The molecule has 0 atom stereocenters. The Morgan fingerprint density at radius 3 is 2.19 bits per heavy atom. The number of aryl methyl sites for hydroxylation is 1. The van der Waals surface area contributed by atoms with Gasteiger partial charge in [0.05, 0.1) is 4.90 Å². The van der Waals surface area contributed by atoms with Gasteiger partial charge in [0, 0.05) is 22.6 Å². The van der Waals surface area contributed by atoms with Crippen LogP contribution in [0.3, 0.4) is 0 Å². The standard InChI is InChI=1S/C20H19N3O3S/c1-14-7-8-15(13-19(14)21)20(24)22-16-9-11-18(12-10-16)27(25,26)23-17-5-3-2-4-6-17/h2-13,23H,21H2,1H3,(H,22,24). The van der Waals surface area contributed by atoms with E-state index < -0.39 is 10.0 Å². The van der Waals surface area contributed by atoms with Crippen molar-refractivity contribution in [3.8, 4) is 0 Å². The Balaban J connectivity index is 1.73. The number of nitrogens with two attached hydrogens (primary N) is 1. The first-order valence-corrected chi connectivity index (χ1v) is 9.69. The van der Waals surface area contributed by atoms with Gasteiger partial charge in [-0.2, -0.15) is 0 Å². The van der Waals surface area contributed by atoms with Crippen molar-refractivity contribution in [3.63, 3.8) is 0 Å². The summed E-state index contributed by atoms with van der Waals surface area (Å²) in [6.07, 6.45) is 0. The van der Waals surface area contributed by atoms with Crippen molar-refractivity contribution < 1.29 is 13.2 Å². The minimum atomic E-state index is -3.70. The van der Waals surface area contributed by atoms with Gasteiger partial charge in [-0.25, -0.2) is 8.42 Å². The van der Waals surface area contributed by atoms with Crippen LogP contribution in [-0.2, 0) is 10.0 Å². The summed E-state index contributed by atoms with van der Waals surface area (Å²) in [5, 5.41) is 2.72. The quantitative estimate of drug-likeness (QED) is 0.587. The highest BCUT2D eigenvalue weighted by Gasteiger charge is 2.14. The van der Waals surface area contributed by atoms with Crippen LogP contribution in [0.25, 0.3) is 0 Å². The lowest BCUT2D eigenvalue weighted by Gasteiger charge is -2.10. The van der Waals surface area contributed by atoms with Gasteiger partial charge in [-0.15, -0.1) is 0 Å². The van der Waals surface area contributed by atoms with E-state index in [-0.39, 0.29) is 10.8 Å². The Bertz CT molecular complexity index is 1060. The average molecular weight is 381 g/mol. The Hall–Kier alpha value is -3.32. The van der Waals surface area contributed by atoms with Crippen LogP contribution in [0.5, 0.6) is 0 Å². The van der Waals surface area contributed by atoms with Gasteiger partial charge in [-0.05, 0) is 61.0 Å². The van der Waals surface area contributed by atoms with Gasteiger partial charge in [0.15, 0.2) is 0 Å². The molecule has 0 aromatic heterocycles. The predicted octanol–water partition coefficient (Wildman–Crippen LogP) is 3.63. The van der Waals surface area contributed by atoms with E-state index in [0.29, 0.717) is 22.6 Å². The van der Waals surface area contributed by atoms with Crippen molar-refractivity contribution in [1.29, 1.82) is 0 Å². The lowest BCUT2D eigenvalue weighted by Crippen LogP contribution is -2.14. The molecular weight excluding hydrogens is 362 g/mol. The molecule has 138 valence electrons. The summed E-state index contributed by atoms with van der Waals surface area (Å²) in [6.45, 7) is 1.86. The largest absolute Gasteiger partial charge is 0.398 e. The maximum absolute atomic E-state index is 12.4. The van der Waals surface area contributed by atoms with E-state index in [4.69, 9.17) is 5.73 Å². The molecule has 0 saturated heterocycles. The normalized spacial score (nSPS) is 11.0. The predicted molar refractivity (Wildman–Crippen MR) is 107 cm³/mol. The average Bonchev–Trinajstić information content (AvgIpc) is 2.65. The number of nitrogens with one attached hydrogen (secondary N) is 2. The number of rotatable bonds is 5. The van der Waals surface area contributed by atoms with E-state index in [0.717, 1.165) is 5.56 Å². The van der Waals surface area contributed by atoms with Crippen molar-refractivity contribution in [2.24, 2.45) is 0 Å². The number of carbonyl (C=O) groups is 1. The third-order valence-corrected chi connectivity index (χ3v) is 5.39. The van der Waals surface area contributed by atoms with Crippen LogP contribution in [0.15, 0.2) is 77.7 Å². The van der Waals surface area contributed by atoms with Gasteiger partial charge < -0.3 is 11.1 Å². The van der Waals surface area contributed by atoms with E-state index in [2.05, 4.69) is 10.0 Å². The number of hydrogen-bond acceptors (Lipinski definition) is 4. The first-order chi connectivity index (χ1) is 12.8. The fourth-order valence-electron chi connectivity index (χ4n) is 2.42. The lowest BCUT2D eigenvalue weighted by atomic mass is 10.1. The minimum absolute atomic E-state index is 0.101. The van der Waals surface area contributed by atoms with Gasteiger partial charge in [0.2, 0.25) is 0 Å². The molecule has 3 aromatic rings. The fraction of sp³-hybridized carbons (Fsp3) is 0.0500. The van der Waals surface area contributed by atoms with Crippen LogP contribution in [0.4, 0.5) is 17.1 Å². The summed E-state index contributed by atoms with van der Waals surface area (Å²) in [5.41, 5.74) is 8.66. The van der Waals surface area contributed by atoms with Crippen molar-refractivity contribution in [2.45, 2.75) is 11.8 Å². The molecule has 0 heterocycles. The lowest BCUT2D eigenvalue weighted by molar-refractivity contribution is 0.102. The monoisotopic (exact) mass is 381 g/mol. The van der Waals surface area contributed by atoms with Crippen LogP contribution in [0.2, 0.25) is 0 Å². The first kappa shape index (κ1) is 18.5. The molecule has 1 amide bonds. The van der Waals surface area contributed by atoms with Gasteiger partial charge in [0.1, 0.15) is 0 Å². The number of hydrogen-bond donors (Lipinski definition) is 3. The molecule has 0 aliphatic rings. The number of benzene rings is 3. The highest BCUT2D eigenvalue weighted by molar-refractivity contribution is 7.92. The zero-order valence-corrected chi connectivity index (χ0v) is 15.5. The number of carbonyl (C=O) groups excluding carboxylic acids is 1. The summed E-state index contributed by atoms with van der Waals surface area (Å²) in [7, 11) is -3.70. The fourth-order valence-corrected chi connectivity index (χ4v) is 3.48. The number of para-hydroxylation sites is 1. The van der Waals surface area contributed by atoms with Crippen LogP contribution < -0.4 is 15.8 Å². The van der Waals surface area contributed by atoms with E-state index in [1.807, 2.05) is 6.92 Å². The van der Waals surface area contributed by atoms with Gasteiger partial charge in [-0.1, -0.05) is 24.3 Å². The number of anilines is 3. The second kappa shape index (κ2) is 7.51. The molecule has 27 heavy (non-hydrogen) atoms. The molecule has 0 fully saturated rings. The highest BCUT2D eigenvalue weighted by Crippen LogP contribution is 2.19. The maximum atomic E-state index is 12.4.